The Morgan fingerprint density at radius 1 is 1.06 bits per heavy atom. The second kappa shape index (κ2) is 10.2. The highest BCUT2D eigenvalue weighted by atomic mass is 19.1. The van der Waals surface area contributed by atoms with E-state index < -0.39 is 5.97 Å². The van der Waals surface area contributed by atoms with Crippen LogP contribution in [0.5, 0.6) is 0 Å². The predicted molar refractivity (Wildman–Crippen MR) is 118 cm³/mol. The molecule has 0 unspecified atom stereocenters. The molecule has 6 nitrogen and oxygen atoms in total. The molecule has 2 aliphatic rings. The standard InChI is InChI=1S/C24H31FN4O2/c25-21-6-1-2-7-23(21)29-15-13-28(14-16-29)22-10-12-27(17-19(22)8-9-24(30)31)18-20-5-3-4-11-26-20/h1-7,11,19,22H,8-10,12-18H2,(H,30,31)/t19-,22+/m1/s1. The van der Waals surface area contributed by atoms with Crippen LogP contribution in [0.15, 0.2) is 48.7 Å². The first kappa shape index (κ1) is 21.7. The molecule has 1 aromatic carbocycles. The Bertz CT molecular complexity index is 858. The number of pyridine rings is 1. The van der Waals surface area contributed by atoms with Crippen LogP contribution in [-0.2, 0) is 11.3 Å². The van der Waals surface area contributed by atoms with Gasteiger partial charge < -0.3 is 10.0 Å². The minimum atomic E-state index is -0.732. The van der Waals surface area contributed by atoms with Crippen LogP contribution in [0.1, 0.15) is 25.0 Å². The Morgan fingerprint density at radius 3 is 2.55 bits per heavy atom. The van der Waals surface area contributed by atoms with Crippen LogP contribution in [-0.4, -0.2) is 71.2 Å². The number of piperidine rings is 1. The molecule has 0 radical (unpaired) electrons. The molecule has 7 heteroatoms. The Kier molecular flexibility index (Phi) is 7.14. The van der Waals surface area contributed by atoms with Crippen molar-refractivity contribution >= 4 is 11.7 Å². The van der Waals surface area contributed by atoms with Gasteiger partial charge in [0.25, 0.3) is 0 Å². The highest BCUT2D eigenvalue weighted by molar-refractivity contribution is 5.66. The molecule has 2 fully saturated rings. The molecule has 4 rings (SSSR count). The number of nitrogens with zero attached hydrogens (tertiary/aromatic N) is 4. The van der Waals surface area contributed by atoms with Gasteiger partial charge in [-0.05, 0) is 43.0 Å². The number of benzene rings is 1. The molecule has 2 aliphatic heterocycles. The van der Waals surface area contributed by atoms with Crippen molar-refractivity contribution in [2.45, 2.75) is 31.8 Å². The Labute approximate surface area is 183 Å². The zero-order valence-electron chi connectivity index (χ0n) is 17.9. The quantitative estimate of drug-likeness (QED) is 0.734. The summed E-state index contributed by atoms with van der Waals surface area (Å²) in [4.78, 5) is 22.7. The van der Waals surface area contributed by atoms with Crippen LogP contribution in [0.25, 0.3) is 0 Å². The predicted octanol–water partition coefficient (Wildman–Crippen LogP) is 3.10. The highest BCUT2D eigenvalue weighted by Gasteiger charge is 2.35. The maximum absolute atomic E-state index is 14.2. The smallest absolute Gasteiger partial charge is 0.303 e. The third kappa shape index (κ3) is 5.60. The van der Waals surface area contributed by atoms with Crippen LogP contribution < -0.4 is 4.90 Å². The number of anilines is 1. The molecule has 31 heavy (non-hydrogen) atoms. The van der Waals surface area contributed by atoms with Crippen molar-refractivity contribution in [2.24, 2.45) is 5.92 Å². The van der Waals surface area contributed by atoms with Gasteiger partial charge in [0.1, 0.15) is 5.82 Å². The van der Waals surface area contributed by atoms with Crippen LogP contribution >= 0.6 is 0 Å². The molecule has 0 amide bonds. The van der Waals surface area contributed by atoms with Gasteiger partial charge in [-0.1, -0.05) is 18.2 Å². The van der Waals surface area contributed by atoms with E-state index >= 15 is 0 Å². The lowest BCUT2D eigenvalue weighted by Crippen LogP contribution is -2.56. The molecule has 2 aromatic rings. The lowest BCUT2D eigenvalue weighted by Gasteiger charge is -2.47. The second-order valence-electron chi connectivity index (χ2n) is 8.58. The Morgan fingerprint density at radius 2 is 1.84 bits per heavy atom. The van der Waals surface area contributed by atoms with E-state index in [1.807, 2.05) is 36.5 Å². The number of para-hydroxylation sites is 1. The van der Waals surface area contributed by atoms with Gasteiger partial charge >= 0.3 is 5.97 Å². The molecule has 0 saturated carbocycles. The highest BCUT2D eigenvalue weighted by Crippen LogP contribution is 2.29. The van der Waals surface area contributed by atoms with E-state index in [0.29, 0.717) is 24.1 Å². The number of carboxylic acids is 1. The maximum atomic E-state index is 14.2. The number of aromatic nitrogens is 1. The van der Waals surface area contributed by atoms with Crippen molar-refractivity contribution in [3.63, 3.8) is 0 Å². The first-order valence-electron chi connectivity index (χ1n) is 11.2. The monoisotopic (exact) mass is 426 g/mol. The third-order valence-electron chi connectivity index (χ3n) is 6.60. The van der Waals surface area contributed by atoms with Crippen molar-refractivity contribution in [3.8, 4) is 0 Å². The van der Waals surface area contributed by atoms with E-state index in [-0.39, 0.29) is 12.2 Å². The van der Waals surface area contributed by atoms with E-state index in [1.165, 1.54) is 6.07 Å². The van der Waals surface area contributed by atoms with Crippen LogP contribution in [0.3, 0.4) is 0 Å². The minimum absolute atomic E-state index is 0.168. The normalized spacial score (nSPS) is 23.1. The first-order chi connectivity index (χ1) is 15.1. The maximum Gasteiger partial charge on any atom is 0.303 e. The van der Waals surface area contributed by atoms with Crippen molar-refractivity contribution < 1.29 is 14.3 Å². The first-order valence-corrected chi connectivity index (χ1v) is 11.2. The summed E-state index contributed by atoms with van der Waals surface area (Å²) in [6, 6.07) is 13.3. The molecular weight excluding hydrogens is 395 g/mol. The van der Waals surface area contributed by atoms with E-state index in [4.69, 9.17) is 0 Å². The van der Waals surface area contributed by atoms with E-state index in [9.17, 15) is 14.3 Å². The second-order valence-corrected chi connectivity index (χ2v) is 8.58. The summed E-state index contributed by atoms with van der Waals surface area (Å²) in [7, 11) is 0. The molecule has 0 bridgehead atoms. The van der Waals surface area contributed by atoms with Crippen molar-refractivity contribution in [1.82, 2.24) is 14.8 Å². The van der Waals surface area contributed by atoms with Gasteiger partial charge in [-0.2, -0.15) is 0 Å². The summed E-state index contributed by atoms with van der Waals surface area (Å²) in [6.45, 7) is 6.02. The van der Waals surface area contributed by atoms with Gasteiger partial charge in [-0.25, -0.2) is 4.39 Å². The van der Waals surface area contributed by atoms with Gasteiger partial charge in [0.15, 0.2) is 0 Å². The zero-order valence-corrected chi connectivity index (χ0v) is 17.9. The number of rotatable bonds is 7. The van der Waals surface area contributed by atoms with Crippen molar-refractivity contribution in [2.75, 3.05) is 44.2 Å². The lowest BCUT2D eigenvalue weighted by molar-refractivity contribution is -0.137. The topological polar surface area (TPSA) is 59.9 Å². The molecule has 0 aliphatic carbocycles. The fourth-order valence-corrected chi connectivity index (χ4v) is 5.04. The molecule has 3 heterocycles. The fraction of sp³-hybridized carbons (Fsp3) is 0.500. The largest absolute Gasteiger partial charge is 0.481 e. The molecule has 166 valence electrons. The average molecular weight is 427 g/mol. The van der Waals surface area contributed by atoms with E-state index in [1.54, 1.807) is 6.07 Å². The van der Waals surface area contributed by atoms with Gasteiger partial charge in [-0.15, -0.1) is 0 Å². The Hall–Kier alpha value is -2.51. The number of piperazine rings is 1. The number of hydrogen-bond acceptors (Lipinski definition) is 5. The van der Waals surface area contributed by atoms with Crippen LogP contribution in [0.2, 0.25) is 0 Å². The third-order valence-corrected chi connectivity index (χ3v) is 6.60. The Balaban J connectivity index is 1.38. The summed E-state index contributed by atoms with van der Waals surface area (Å²) in [6.07, 6.45) is 3.73. The number of hydrogen-bond donors (Lipinski definition) is 1. The lowest BCUT2D eigenvalue weighted by atomic mass is 9.86. The van der Waals surface area contributed by atoms with Crippen molar-refractivity contribution in [1.29, 1.82) is 0 Å². The number of carboxylic acid groups (broad SMARTS) is 1. The zero-order chi connectivity index (χ0) is 21.6. The summed E-state index contributed by atoms with van der Waals surface area (Å²) >= 11 is 0. The van der Waals surface area contributed by atoms with Crippen LogP contribution in [0, 0.1) is 11.7 Å². The van der Waals surface area contributed by atoms with Gasteiger partial charge in [0.05, 0.1) is 11.4 Å². The molecule has 1 N–H and O–H groups in total. The molecule has 0 spiro atoms. The van der Waals surface area contributed by atoms with E-state index in [0.717, 1.165) is 57.9 Å². The SMILES string of the molecule is O=C(O)CC[C@@H]1CN(Cc2ccccn2)CC[C@@H]1N1CCN(c2ccccc2F)CC1. The number of halogens is 1. The fourth-order valence-electron chi connectivity index (χ4n) is 5.04. The van der Waals surface area contributed by atoms with Crippen LogP contribution in [0.4, 0.5) is 10.1 Å². The summed E-state index contributed by atoms with van der Waals surface area (Å²) in [5.74, 6) is -0.586. The molecule has 2 saturated heterocycles. The number of aliphatic carboxylic acids is 1. The summed E-state index contributed by atoms with van der Waals surface area (Å²) < 4.78 is 14.2. The number of likely N-dealkylation sites (tertiary alicyclic amines) is 1. The summed E-state index contributed by atoms with van der Waals surface area (Å²) in [5, 5.41) is 9.25. The summed E-state index contributed by atoms with van der Waals surface area (Å²) in [5.41, 5.74) is 1.73. The van der Waals surface area contributed by atoms with Gasteiger partial charge in [-0.3, -0.25) is 19.6 Å². The molecule has 1 aromatic heterocycles. The average Bonchev–Trinajstić information content (AvgIpc) is 2.79. The van der Waals surface area contributed by atoms with E-state index in [2.05, 4.69) is 19.7 Å². The molecule has 2 atom stereocenters. The minimum Gasteiger partial charge on any atom is -0.481 e. The number of carbonyl (C=O) groups is 1. The van der Waals surface area contributed by atoms with Gasteiger partial charge in [0.2, 0.25) is 0 Å². The van der Waals surface area contributed by atoms with Gasteiger partial charge in [0, 0.05) is 64.5 Å². The molecular formula is C24H31FN4O2. The van der Waals surface area contributed by atoms with Crippen molar-refractivity contribution in [3.05, 3.63) is 60.2 Å².